The first-order valence-electron chi connectivity index (χ1n) is 4.91. The first-order valence-corrected chi connectivity index (χ1v) is 5.99. The lowest BCUT2D eigenvalue weighted by molar-refractivity contribution is 0.559. The molecule has 0 unspecified atom stereocenters. The average molecular weight is 349 g/mol. The molecule has 17 heavy (non-hydrogen) atoms. The minimum Gasteiger partial charge on any atom is -0.383 e. The van der Waals surface area contributed by atoms with Gasteiger partial charge < -0.3 is 5.73 Å². The highest BCUT2D eigenvalue weighted by atomic mass is 127. The van der Waals surface area contributed by atoms with Crippen LogP contribution in [0.1, 0.15) is 11.3 Å². The lowest BCUT2D eigenvalue weighted by atomic mass is 10.2. The molecule has 0 radical (unpaired) electrons. The zero-order valence-electron chi connectivity index (χ0n) is 9.04. The molecule has 1 aromatic heterocycles. The van der Waals surface area contributed by atoms with Gasteiger partial charge in [0.2, 0.25) is 0 Å². The maximum absolute atomic E-state index is 13.5. The van der Waals surface area contributed by atoms with Crippen LogP contribution >= 0.6 is 22.6 Å². The molecule has 0 bridgehead atoms. The third kappa shape index (κ3) is 2.41. The molecule has 0 aliphatic heterocycles. The summed E-state index contributed by atoms with van der Waals surface area (Å²) in [6.45, 7) is 2.03. The van der Waals surface area contributed by atoms with Gasteiger partial charge in [0.05, 0.1) is 15.8 Å². The van der Waals surface area contributed by atoms with E-state index in [1.807, 2.05) is 6.92 Å². The van der Waals surface area contributed by atoms with Crippen LogP contribution in [0.2, 0.25) is 0 Å². The van der Waals surface area contributed by atoms with E-state index in [-0.39, 0.29) is 6.54 Å². The van der Waals surface area contributed by atoms with Crippen molar-refractivity contribution < 1.29 is 8.78 Å². The minimum atomic E-state index is -0.592. The summed E-state index contributed by atoms with van der Waals surface area (Å²) in [5.74, 6) is -0.690. The average Bonchev–Trinajstić information content (AvgIpc) is 2.50. The topological polar surface area (TPSA) is 43.8 Å². The number of benzene rings is 1. The molecule has 1 heterocycles. The quantitative estimate of drug-likeness (QED) is 0.848. The molecule has 0 fully saturated rings. The Bertz CT molecular complexity index is 566. The van der Waals surface area contributed by atoms with Gasteiger partial charge in [0.1, 0.15) is 17.5 Å². The molecule has 3 nitrogen and oxygen atoms in total. The van der Waals surface area contributed by atoms with E-state index in [1.54, 1.807) is 0 Å². The molecule has 0 aliphatic rings. The predicted octanol–water partition coefficient (Wildman–Crippen LogP) is 2.70. The van der Waals surface area contributed by atoms with E-state index in [9.17, 15) is 8.78 Å². The smallest absolute Gasteiger partial charge is 0.135 e. The maximum atomic E-state index is 13.5. The molecule has 6 heteroatoms. The van der Waals surface area contributed by atoms with Gasteiger partial charge in [-0.1, -0.05) is 6.07 Å². The zero-order chi connectivity index (χ0) is 12.6. The normalized spacial score (nSPS) is 10.8. The van der Waals surface area contributed by atoms with Crippen molar-refractivity contribution in [2.24, 2.45) is 0 Å². The molecule has 0 atom stereocenters. The van der Waals surface area contributed by atoms with Gasteiger partial charge in [0.15, 0.2) is 0 Å². The molecule has 2 N–H and O–H groups in total. The number of nitrogen functional groups attached to an aromatic ring is 1. The molecule has 0 saturated carbocycles. The zero-order valence-corrected chi connectivity index (χ0v) is 11.2. The van der Waals surface area contributed by atoms with Crippen LogP contribution in [0.4, 0.5) is 14.6 Å². The Balaban J connectivity index is 2.34. The minimum absolute atomic E-state index is 0.196. The van der Waals surface area contributed by atoms with Gasteiger partial charge in [0, 0.05) is 11.6 Å². The van der Waals surface area contributed by atoms with E-state index in [4.69, 9.17) is 5.73 Å². The summed E-state index contributed by atoms with van der Waals surface area (Å²) in [6, 6.07) is 3.47. The third-order valence-electron chi connectivity index (χ3n) is 2.43. The SMILES string of the molecule is Cc1nn(Cc2ccc(F)cc2F)c(N)c1I. The third-order valence-corrected chi connectivity index (χ3v) is 3.76. The van der Waals surface area contributed by atoms with Crippen LogP contribution in [0.25, 0.3) is 0 Å². The van der Waals surface area contributed by atoms with E-state index in [0.717, 1.165) is 15.3 Å². The fourth-order valence-corrected chi connectivity index (χ4v) is 1.90. The van der Waals surface area contributed by atoms with E-state index < -0.39 is 11.6 Å². The molecule has 90 valence electrons. The van der Waals surface area contributed by atoms with Gasteiger partial charge in [-0.05, 0) is 35.6 Å². The lowest BCUT2D eigenvalue weighted by Crippen LogP contribution is -2.08. The summed E-state index contributed by atoms with van der Waals surface area (Å²) >= 11 is 2.08. The lowest BCUT2D eigenvalue weighted by Gasteiger charge is -2.05. The van der Waals surface area contributed by atoms with E-state index in [0.29, 0.717) is 11.4 Å². The molecule has 2 rings (SSSR count). The first-order chi connectivity index (χ1) is 7.99. The van der Waals surface area contributed by atoms with Crippen LogP contribution in [-0.2, 0) is 6.54 Å². The van der Waals surface area contributed by atoms with Gasteiger partial charge in [-0.25, -0.2) is 13.5 Å². The predicted molar refractivity (Wildman–Crippen MR) is 69.6 cm³/mol. The molecule has 0 amide bonds. The summed E-state index contributed by atoms with van der Waals surface area (Å²) in [7, 11) is 0. The van der Waals surface area contributed by atoms with Crippen molar-refractivity contribution in [2.75, 3.05) is 5.73 Å². The number of aromatic nitrogens is 2. The summed E-state index contributed by atoms with van der Waals surface area (Å²) in [4.78, 5) is 0. The van der Waals surface area contributed by atoms with Crippen LogP contribution in [0.15, 0.2) is 18.2 Å². The van der Waals surface area contributed by atoms with Crippen molar-refractivity contribution in [3.8, 4) is 0 Å². The van der Waals surface area contributed by atoms with E-state index in [2.05, 4.69) is 27.7 Å². The van der Waals surface area contributed by atoms with Crippen molar-refractivity contribution in [3.05, 3.63) is 44.7 Å². The fourth-order valence-electron chi connectivity index (χ4n) is 1.51. The van der Waals surface area contributed by atoms with E-state index in [1.165, 1.54) is 16.8 Å². The van der Waals surface area contributed by atoms with Crippen molar-refractivity contribution >= 4 is 28.4 Å². The largest absolute Gasteiger partial charge is 0.383 e. The Morgan fingerprint density at radius 2 is 2.12 bits per heavy atom. The van der Waals surface area contributed by atoms with Crippen LogP contribution in [-0.4, -0.2) is 9.78 Å². The summed E-state index contributed by atoms with van der Waals surface area (Å²) in [6.07, 6.45) is 0. The van der Waals surface area contributed by atoms with Crippen LogP contribution in [0.5, 0.6) is 0 Å². The Kier molecular flexibility index (Phi) is 3.32. The maximum Gasteiger partial charge on any atom is 0.135 e. The number of anilines is 1. The molecular weight excluding hydrogens is 339 g/mol. The Hall–Kier alpha value is -1.18. The number of nitrogens with zero attached hydrogens (tertiary/aromatic N) is 2. The van der Waals surface area contributed by atoms with Gasteiger partial charge in [-0.15, -0.1) is 0 Å². The second-order valence-corrected chi connectivity index (χ2v) is 4.76. The van der Waals surface area contributed by atoms with Crippen molar-refractivity contribution in [3.63, 3.8) is 0 Å². The highest BCUT2D eigenvalue weighted by Crippen LogP contribution is 2.20. The number of hydrogen-bond acceptors (Lipinski definition) is 2. The van der Waals surface area contributed by atoms with Crippen molar-refractivity contribution in [1.29, 1.82) is 0 Å². The number of hydrogen-bond donors (Lipinski definition) is 1. The van der Waals surface area contributed by atoms with E-state index >= 15 is 0 Å². The molecular formula is C11H10F2IN3. The summed E-state index contributed by atoms with van der Waals surface area (Å²) in [5.41, 5.74) is 6.98. The number of rotatable bonds is 2. The first kappa shape index (κ1) is 12.3. The van der Waals surface area contributed by atoms with Crippen molar-refractivity contribution in [1.82, 2.24) is 9.78 Å². The second-order valence-electron chi connectivity index (χ2n) is 3.68. The van der Waals surface area contributed by atoms with Gasteiger partial charge >= 0.3 is 0 Å². The van der Waals surface area contributed by atoms with Crippen LogP contribution < -0.4 is 5.73 Å². The number of nitrogens with two attached hydrogens (primary N) is 1. The van der Waals surface area contributed by atoms with Gasteiger partial charge in [0.25, 0.3) is 0 Å². The van der Waals surface area contributed by atoms with Gasteiger partial charge in [-0.3, -0.25) is 0 Å². The highest BCUT2D eigenvalue weighted by Gasteiger charge is 2.12. The molecule has 1 aromatic carbocycles. The molecule has 0 aliphatic carbocycles. The molecule has 2 aromatic rings. The summed E-state index contributed by atoms with van der Waals surface area (Å²) in [5, 5.41) is 4.19. The van der Waals surface area contributed by atoms with Crippen molar-refractivity contribution in [2.45, 2.75) is 13.5 Å². The van der Waals surface area contributed by atoms with Crippen LogP contribution in [0.3, 0.4) is 0 Å². The molecule has 0 saturated heterocycles. The second kappa shape index (κ2) is 4.59. The van der Waals surface area contributed by atoms with Gasteiger partial charge in [-0.2, -0.15) is 5.10 Å². The fraction of sp³-hybridized carbons (Fsp3) is 0.182. The van der Waals surface area contributed by atoms with Crippen LogP contribution in [0, 0.1) is 22.1 Å². The standard InChI is InChI=1S/C11H10F2IN3/c1-6-10(14)11(15)17(16-6)5-7-2-3-8(12)4-9(7)13/h2-4H,5,15H2,1H3. The highest BCUT2D eigenvalue weighted by molar-refractivity contribution is 14.1. The summed E-state index contributed by atoms with van der Waals surface area (Å²) < 4.78 is 28.6. The Labute approximate surface area is 111 Å². The molecule has 0 spiro atoms. The monoisotopic (exact) mass is 349 g/mol. The Morgan fingerprint density at radius 1 is 1.41 bits per heavy atom. The Morgan fingerprint density at radius 3 is 2.65 bits per heavy atom. The number of aryl methyl sites for hydroxylation is 1. The number of halogens is 3.